The predicted molar refractivity (Wildman–Crippen MR) is 83.8 cm³/mol. The Balaban J connectivity index is 1.59. The molecular weight excluding hydrogens is 299 g/mol. The van der Waals surface area contributed by atoms with Crippen LogP contribution in [0.4, 0.5) is 4.39 Å². The molecule has 1 amide bonds. The van der Waals surface area contributed by atoms with Crippen molar-refractivity contribution >= 4 is 5.91 Å². The number of fused-ring (bicyclic) bond motifs is 1. The molecule has 0 unspecified atom stereocenters. The van der Waals surface area contributed by atoms with Crippen molar-refractivity contribution < 1.29 is 19.0 Å². The zero-order chi connectivity index (χ0) is 16.4. The quantitative estimate of drug-likeness (QED) is 0.871. The summed E-state index contributed by atoms with van der Waals surface area (Å²) in [4.78, 5) is 14.6. The average Bonchev–Trinajstić information content (AvgIpc) is 2.91. The molecule has 1 aromatic carbocycles. The average molecular weight is 322 g/mol. The van der Waals surface area contributed by atoms with Crippen LogP contribution in [0.2, 0.25) is 0 Å². The van der Waals surface area contributed by atoms with Crippen LogP contribution < -0.4 is 5.32 Å². The smallest absolute Gasteiger partial charge is 0.254 e. The number of aliphatic hydroxyl groups is 1. The lowest BCUT2D eigenvalue weighted by molar-refractivity contribution is -0.0566. The van der Waals surface area contributed by atoms with E-state index in [9.17, 15) is 9.18 Å². The summed E-state index contributed by atoms with van der Waals surface area (Å²) in [6, 6.07) is 4.85. The summed E-state index contributed by atoms with van der Waals surface area (Å²) >= 11 is 0. The highest BCUT2D eigenvalue weighted by Crippen LogP contribution is 2.24. The van der Waals surface area contributed by atoms with Gasteiger partial charge in [-0.3, -0.25) is 9.69 Å². The number of rotatable bonds is 4. The highest BCUT2D eigenvalue weighted by atomic mass is 19.1. The molecule has 6 heteroatoms. The fourth-order valence-electron chi connectivity index (χ4n) is 3.44. The zero-order valence-electron chi connectivity index (χ0n) is 13.3. The Hall–Kier alpha value is -1.50. The van der Waals surface area contributed by atoms with Crippen molar-refractivity contribution in [3.05, 3.63) is 35.1 Å². The van der Waals surface area contributed by atoms with Gasteiger partial charge in [0.25, 0.3) is 5.91 Å². The number of nitrogens with one attached hydrogen (secondary N) is 1. The number of ether oxygens (including phenoxy) is 1. The molecule has 2 saturated heterocycles. The minimum atomic E-state index is -0.491. The normalized spacial score (nSPS) is 27.7. The van der Waals surface area contributed by atoms with E-state index in [2.05, 4.69) is 10.2 Å². The molecule has 2 aliphatic rings. The molecule has 0 radical (unpaired) electrons. The molecule has 0 aliphatic carbocycles. The van der Waals surface area contributed by atoms with Gasteiger partial charge in [-0.2, -0.15) is 0 Å². The summed E-state index contributed by atoms with van der Waals surface area (Å²) < 4.78 is 19.5. The second-order valence-electron chi connectivity index (χ2n) is 6.46. The lowest BCUT2D eigenvalue weighted by Gasteiger charge is -2.34. The number of carbonyl (C=O) groups is 1. The van der Waals surface area contributed by atoms with Gasteiger partial charge in [0.15, 0.2) is 0 Å². The van der Waals surface area contributed by atoms with E-state index in [-0.39, 0.29) is 36.3 Å². The first-order valence-electron chi connectivity index (χ1n) is 8.10. The molecule has 0 saturated carbocycles. The van der Waals surface area contributed by atoms with Gasteiger partial charge in [0.05, 0.1) is 18.3 Å². The number of carbonyl (C=O) groups excluding carboxylic acids is 1. The maximum absolute atomic E-state index is 13.8. The molecule has 2 N–H and O–H groups in total. The topological polar surface area (TPSA) is 61.8 Å². The first-order valence-corrected chi connectivity index (χ1v) is 8.10. The van der Waals surface area contributed by atoms with Crippen molar-refractivity contribution in [1.82, 2.24) is 10.2 Å². The molecule has 23 heavy (non-hydrogen) atoms. The van der Waals surface area contributed by atoms with E-state index in [0.29, 0.717) is 13.0 Å². The minimum absolute atomic E-state index is 0.00360. The molecule has 0 bridgehead atoms. The monoisotopic (exact) mass is 322 g/mol. The lowest BCUT2D eigenvalue weighted by Crippen LogP contribution is -2.46. The van der Waals surface area contributed by atoms with E-state index in [0.717, 1.165) is 25.1 Å². The number of amides is 1. The van der Waals surface area contributed by atoms with Gasteiger partial charge in [-0.05, 0) is 31.9 Å². The Morgan fingerprint density at radius 2 is 2.30 bits per heavy atom. The third kappa shape index (κ3) is 3.71. The number of benzene rings is 1. The van der Waals surface area contributed by atoms with Crippen LogP contribution in [0.5, 0.6) is 0 Å². The van der Waals surface area contributed by atoms with Crippen molar-refractivity contribution in [1.29, 1.82) is 0 Å². The van der Waals surface area contributed by atoms with Crippen LogP contribution in [0.15, 0.2) is 18.2 Å². The SMILES string of the molecule is Cc1ccc(F)c(C(=O)N[C@H]2C[C@H]3CO[C@@H](CCO)CN3C2)c1. The molecule has 0 aromatic heterocycles. The van der Waals surface area contributed by atoms with E-state index in [1.807, 2.05) is 6.92 Å². The van der Waals surface area contributed by atoms with Gasteiger partial charge in [-0.15, -0.1) is 0 Å². The Morgan fingerprint density at radius 3 is 3.09 bits per heavy atom. The number of aryl methyl sites for hydroxylation is 1. The summed E-state index contributed by atoms with van der Waals surface area (Å²) in [5.41, 5.74) is 0.963. The minimum Gasteiger partial charge on any atom is -0.396 e. The van der Waals surface area contributed by atoms with Crippen LogP contribution >= 0.6 is 0 Å². The molecule has 3 rings (SSSR count). The van der Waals surface area contributed by atoms with E-state index >= 15 is 0 Å². The molecule has 2 heterocycles. The van der Waals surface area contributed by atoms with Crippen molar-refractivity contribution in [3.63, 3.8) is 0 Å². The van der Waals surface area contributed by atoms with Crippen LogP contribution in [0.3, 0.4) is 0 Å². The van der Waals surface area contributed by atoms with Gasteiger partial charge < -0.3 is 15.2 Å². The number of nitrogens with zero attached hydrogens (tertiary/aromatic N) is 1. The maximum Gasteiger partial charge on any atom is 0.254 e. The molecule has 2 fully saturated rings. The van der Waals surface area contributed by atoms with Crippen molar-refractivity contribution in [2.45, 2.75) is 38.0 Å². The van der Waals surface area contributed by atoms with E-state index in [4.69, 9.17) is 9.84 Å². The van der Waals surface area contributed by atoms with E-state index in [1.54, 1.807) is 12.1 Å². The number of hydrogen-bond donors (Lipinski definition) is 2. The van der Waals surface area contributed by atoms with Gasteiger partial charge in [0.2, 0.25) is 0 Å². The van der Waals surface area contributed by atoms with Crippen molar-refractivity contribution in [3.8, 4) is 0 Å². The number of hydrogen-bond acceptors (Lipinski definition) is 4. The predicted octanol–water partition coefficient (Wildman–Crippen LogP) is 1.09. The summed E-state index contributed by atoms with van der Waals surface area (Å²) in [7, 11) is 0. The zero-order valence-corrected chi connectivity index (χ0v) is 13.3. The number of aliphatic hydroxyl groups excluding tert-OH is 1. The summed E-state index contributed by atoms with van der Waals surface area (Å²) in [5.74, 6) is -0.848. The Kier molecular flexibility index (Phi) is 4.94. The molecule has 3 atom stereocenters. The standard InChI is InChI=1S/C17H23FN2O3/c1-11-2-3-16(18)15(6-11)17(22)19-12-7-13-10-23-14(4-5-21)9-20(13)8-12/h2-3,6,12-14,21H,4-5,7-10H2,1H3,(H,19,22)/t12-,13-,14-/m0/s1. The Morgan fingerprint density at radius 1 is 1.48 bits per heavy atom. The Labute approximate surface area is 135 Å². The fraction of sp³-hybridized carbons (Fsp3) is 0.588. The second kappa shape index (κ2) is 6.95. The van der Waals surface area contributed by atoms with Crippen LogP contribution in [0, 0.1) is 12.7 Å². The van der Waals surface area contributed by atoms with Crippen LogP contribution in [-0.4, -0.2) is 60.4 Å². The van der Waals surface area contributed by atoms with Crippen LogP contribution in [-0.2, 0) is 4.74 Å². The number of halogens is 1. The largest absolute Gasteiger partial charge is 0.396 e. The molecular formula is C17H23FN2O3. The molecule has 5 nitrogen and oxygen atoms in total. The summed E-state index contributed by atoms with van der Waals surface area (Å²) in [6.45, 7) is 4.10. The molecule has 126 valence electrons. The number of morpholine rings is 1. The third-order valence-corrected chi connectivity index (χ3v) is 4.64. The molecule has 1 aromatic rings. The van der Waals surface area contributed by atoms with Gasteiger partial charge in [0.1, 0.15) is 5.82 Å². The highest BCUT2D eigenvalue weighted by Gasteiger charge is 2.37. The lowest BCUT2D eigenvalue weighted by atomic mass is 10.1. The third-order valence-electron chi connectivity index (χ3n) is 4.64. The first kappa shape index (κ1) is 16.4. The molecule has 0 spiro atoms. The molecule has 2 aliphatic heterocycles. The Bertz CT molecular complexity index is 581. The van der Waals surface area contributed by atoms with Gasteiger partial charge in [-0.1, -0.05) is 11.6 Å². The maximum atomic E-state index is 13.8. The highest BCUT2D eigenvalue weighted by molar-refractivity contribution is 5.94. The summed E-state index contributed by atoms with van der Waals surface area (Å²) in [6.07, 6.45) is 1.50. The van der Waals surface area contributed by atoms with E-state index < -0.39 is 5.82 Å². The van der Waals surface area contributed by atoms with E-state index in [1.165, 1.54) is 6.07 Å². The van der Waals surface area contributed by atoms with Crippen molar-refractivity contribution in [2.24, 2.45) is 0 Å². The summed E-state index contributed by atoms with van der Waals surface area (Å²) in [5, 5.41) is 12.0. The fourth-order valence-corrected chi connectivity index (χ4v) is 3.44. The first-order chi connectivity index (χ1) is 11.1. The van der Waals surface area contributed by atoms with Crippen LogP contribution in [0.25, 0.3) is 0 Å². The second-order valence-corrected chi connectivity index (χ2v) is 6.46. The van der Waals surface area contributed by atoms with Gasteiger partial charge in [-0.25, -0.2) is 4.39 Å². The van der Waals surface area contributed by atoms with Crippen LogP contribution in [0.1, 0.15) is 28.8 Å². The van der Waals surface area contributed by atoms with Gasteiger partial charge >= 0.3 is 0 Å². The van der Waals surface area contributed by atoms with Crippen molar-refractivity contribution in [2.75, 3.05) is 26.3 Å². The van der Waals surface area contributed by atoms with Gasteiger partial charge in [0, 0.05) is 31.8 Å².